The summed E-state index contributed by atoms with van der Waals surface area (Å²) in [5.74, 6) is 0.839. The third kappa shape index (κ3) is 2.72. The van der Waals surface area contributed by atoms with Gasteiger partial charge in [0.1, 0.15) is 17.6 Å². The van der Waals surface area contributed by atoms with Gasteiger partial charge in [-0.2, -0.15) is 4.57 Å². The Morgan fingerprint density at radius 3 is 2.67 bits per heavy atom. The Bertz CT molecular complexity index is 1100. The van der Waals surface area contributed by atoms with Gasteiger partial charge in [-0.15, -0.1) is 0 Å². The molecule has 2 aromatic rings. The largest absolute Gasteiger partial charge is 0.490 e. The molecular weight excluding hydrogens is 386 g/mol. The van der Waals surface area contributed by atoms with Gasteiger partial charge in [0, 0.05) is 7.05 Å². The molecule has 0 bridgehead atoms. The molecule has 1 saturated heterocycles. The lowest BCUT2D eigenvalue weighted by molar-refractivity contribution is -0.676. The monoisotopic (exact) mass is 410 g/mol. The number of aryl methyl sites for hydroxylation is 1. The number of para-hydroxylation sites is 2. The molecule has 0 N–H and O–H groups in total. The van der Waals surface area contributed by atoms with Crippen LogP contribution < -0.4 is 9.30 Å². The van der Waals surface area contributed by atoms with Crippen molar-refractivity contribution in [2.45, 2.75) is 39.8 Å². The molecule has 0 spiro atoms. The van der Waals surface area contributed by atoms with E-state index in [1.54, 1.807) is 18.5 Å². The molecular formula is C21H24N5O4+. The minimum absolute atomic E-state index is 0.256. The predicted octanol–water partition coefficient (Wildman–Crippen LogP) is 1.93. The number of hydrogen-bond acceptors (Lipinski definition) is 5. The van der Waals surface area contributed by atoms with E-state index in [2.05, 4.69) is 4.99 Å². The summed E-state index contributed by atoms with van der Waals surface area (Å²) in [7, 11) is 1.57. The van der Waals surface area contributed by atoms with E-state index < -0.39 is 24.0 Å². The van der Waals surface area contributed by atoms with Gasteiger partial charge in [0.15, 0.2) is 11.5 Å². The number of carbonyl (C=O) groups excluding carboxylic acids is 3. The summed E-state index contributed by atoms with van der Waals surface area (Å²) >= 11 is 0. The molecule has 30 heavy (non-hydrogen) atoms. The number of aliphatic imine (C=N–C) groups is 1. The molecule has 0 aliphatic carbocycles. The van der Waals surface area contributed by atoms with Gasteiger partial charge < -0.3 is 4.74 Å². The standard InChI is InChI=1S/C21H24N5O4/c1-6-30-16-10-8-7-9-15(16)25-12(2)11-24-17-18(22-20(24)25)23(5)21(29)26(19(17)28)13(3)14(4)27/h7-11,13,17H,6H2,1-5H3/q+1. The third-order valence-electron chi connectivity index (χ3n) is 5.54. The molecule has 9 heteroatoms. The van der Waals surface area contributed by atoms with Crippen LogP contribution in [0, 0.1) is 6.92 Å². The molecule has 1 fully saturated rings. The molecule has 1 aromatic heterocycles. The zero-order valence-electron chi connectivity index (χ0n) is 17.6. The highest BCUT2D eigenvalue weighted by Gasteiger charge is 2.54. The molecule has 3 amide bonds. The zero-order valence-corrected chi connectivity index (χ0v) is 17.6. The number of Topliss-reactive ketones (excluding diaryl/α,β-unsaturated/α-hetero) is 1. The number of urea groups is 1. The molecule has 2 unspecified atom stereocenters. The molecule has 1 aromatic carbocycles. The third-order valence-corrected chi connectivity index (χ3v) is 5.54. The van der Waals surface area contributed by atoms with Crippen LogP contribution in [0.25, 0.3) is 5.69 Å². The fourth-order valence-corrected chi connectivity index (χ4v) is 3.90. The first-order valence-electron chi connectivity index (χ1n) is 9.83. The van der Waals surface area contributed by atoms with E-state index in [0.717, 1.165) is 16.3 Å². The van der Waals surface area contributed by atoms with Crippen LogP contribution in [-0.4, -0.2) is 57.6 Å². The molecule has 3 heterocycles. The van der Waals surface area contributed by atoms with E-state index in [1.165, 1.54) is 11.8 Å². The summed E-state index contributed by atoms with van der Waals surface area (Å²) < 4.78 is 9.42. The second-order valence-corrected chi connectivity index (χ2v) is 7.42. The highest BCUT2D eigenvalue weighted by Crippen LogP contribution is 2.34. The van der Waals surface area contributed by atoms with Gasteiger partial charge in [-0.05, 0) is 39.8 Å². The summed E-state index contributed by atoms with van der Waals surface area (Å²) in [6.45, 7) is 7.27. The van der Waals surface area contributed by atoms with Crippen molar-refractivity contribution in [1.29, 1.82) is 0 Å². The van der Waals surface area contributed by atoms with Crippen molar-refractivity contribution in [3.63, 3.8) is 0 Å². The van der Waals surface area contributed by atoms with Crippen molar-refractivity contribution in [2.75, 3.05) is 13.7 Å². The first-order valence-corrected chi connectivity index (χ1v) is 9.83. The van der Waals surface area contributed by atoms with Crippen molar-refractivity contribution in [1.82, 2.24) is 14.4 Å². The number of benzene rings is 1. The summed E-state index contributed by atoms with van der Waals surface area (Å²) in [5, 5.41) is 0. The number of amidine groups is 1. The van der Waals surface area contributed by atoms with Crippen molar-refractivity contribution in [3.8, 4) is 11.4 Å². The average molecular weight is 410 g/mol. The number of rotatable bonds is 5. The minimum Gasteiger partial charge on any atom is -0.490 e. The number of nitrogens with zero attached hydrogens (tertiary/aromatic N) is 5. The van der Waals surface area contributed by atoms with Crippen LogP contribution in [-0.2, 0) is 9.59 Å². The van der Waals surface area contributed by atoms with Gasteiger partial charge in [-0.25, -0.2) is 14.3 Å². The zero-order chi connectivity index (χ0) is 21.7. The van der Waals surface area contributed by atoms with Crippen molar-refractivity contribution >= 4 is 29.5 Å². The Labute approximate surface area is 174 Å². The maximum atomic E-state index is 13.3. The number of fused-ring (bicyclic) bond motifs is 3. The first kappa shape index (κ1) is 19.8. The van der Waals surface area contributed by atoms with Crippen molar-refractivity contribution < 1.29 is 23.7 Å². The lowest BCUT2D eigenvalue weighted by Gasteiger charge is -2.35. The van der Waals surface area contributed by atoms with E-state index in [1.807, 2.05) is 48.9 Å². The van der Waals surface area contributed by atoms with Gasteiger partial charge in [-0.3, -0.25) is 14.5 Å². The molecule has 9 nitrogen and oxygen atoms in total. The molecule has 2 aliphatic heterocycles. The maximum Gasteiger partial charge on any atom is 0.407 e. The Morgan fingerprint density at radius 1 is 1.30 bits per heavy atom. The van der Waals surface area contributed by atoms with Crippen molar-refractivity contribution in [2.24, 2.45) is 4.99 Å². The lowest BCUT2D eigenvalue weighted by Crippen LogP contribution is -2.65. The van der Waals surface area contributed by atoms with Gasteiger partial charge in [0.2, 0.25) is 11.9 Å². The smallest absolute Gasteiger partial charge is 0.407 e. The van der Waals surface area contributed by atoms with Crippen LogP contribution >= 0.6 is 0 Å². The van der Waals surface area contributed by atoms with Gasteiger partial charge in [0.25, 0.3) is 5.91 Å². The molecule has 2 aliphatic rings. The molecule has 0 radical (unpaired) electrons. The Kier molecular flexibility index (Phi) is 4.68. The van der Waals surface area contributed by atoms with Crippen LogP contribution in [0.5, 0.6) is 5.75 Å². The Balaban J connectivity index is 1.86. The number of hydrogen-bond donors (Lipinski definition) is 0. The summed E-state index contributed by atoms with van der Waals surface area (Å²) in [6.07, 6.45) is 1.83. The van der Waals surface area contributed by atoms with E-state index in [9.17, 15) is 14.4 Å². The van der Waals surface area contributed by atoms with Gasteiger partial charge >= 0.3 is 12.0 Å². The molecule has 4 rings (SSSR count). The summed E-state index contributed by atoms with van der Waals surface area (Å²) in [4.78, 5) is 45.0. The number of imide groups is 1. The number of ketones is 1. The van der Waals surface area contributed by atoms with E-state index in [0.29, 0.717) is 24.1 Å². The lowest BCUT2D eigenvalue weighted by atomic mass is 10.1. The fourth-order valence-electron chi connectivity index (χ4n) is 3.90. The predicted molar refractivity (Wildman–Crippen MR) is 108 cm³/mol. The minimum atomic E-state index is -0.847. The van der Waals surface area contributed by atoms with E-state index in [-0.39, 0.29) is 5.78 Å². The number of imidazole rings is 1. The second kappa shape index (κ2) is 7.08. The van der Waals surface area contributed by atoms with Crippen LogP contribution in [0.3, 0.4) is 0 Å². The summed E-state index contributed by atoms with van der Waals surface area (Å²) in [5.41, 5.74) is 1.66. The van der Waals surface area contributed by atoms with Gasteiger partial charge in [0.05, 0.1) is 12.6 Å². The van der Waals surface area contributed by atoms with Crippen LogP contribution in [0.4, 0.5) is 10.7 Å². The van der Waals surface area contributed by atoms with Crippen LogP contribution in [0.1, 0.15) is 32.5 Å². The number of likely N-dealkylation sites (N-methyl/N-ethyl adjacent to an activating group) is 1. The van der Waals surface area contributed by atoms with E-state index in [4.69, 9.17) is 4.74 Å². The normalized spacial score (nSPS) is 18.8. The van der Waals surface area contributed by atoms with Crippen LogP contribution in [0.15, 0.2) is 35.5 Å². The van der Waals surface area contributed by atoms with Gasteiger partial charge in [-0.1, -0.05) is 17.1 Å². The van der Waals surface area contributed by atoms with E-state index >= 15 is 0 Å². The molecule has 156 valence electrons. The highest BCUT2D eigenvalue weighted by atomic mass is 16.5. The first-order chi connectivity index (χ1) is 14.3. The summed E-state index contributed by atoms with van der Waals surface area (Å²) in [6, 6.07) is 5.39. The number of aromatic nitrogens is 2. The average Bonchev–Trinajstić information content (AvgIpc) is 3.21. The number of amides is 3. The Morgan fingerprint density at radius 2 is 2.00 bits per heavy atom. The second-order valence-electron chi connectivity index (χ2n) is 7.42. The number of carbonyl (C=O) groups is 3. The Hall–Kier alpha value is -3.49. The highest BCUT2D eigenvalue weighted by molar-refractivity contribution is 6.20. The fraction of sp³-hybridized carbons (Fsp3) is 0.381. The van der Waals surface area contributed by atoms with Crippen LogP contribution in [0.2, 0.25) is 0 Å². The SMILES string of the molecule is CCOc1ccccc1-n1c(C)c[n+]2c1N=C1C2C(=O)N(C(C)C(C)=O)C(=O)N1C. The van der Waals surface area contributed by atoms with Crippen molar-refractivity contribution in [3.05, 3.63) is 36.2 Å². The molecule has 2 atom stereocenters. The molecule has 0 saturated carbocycles. The maximum absolute atomic E-state index is 13.3. The number of ether oxygens (including phenoxy) is 1. The topological polar surface area (TPSA) is 88.1 Å². The quantitative estimate of drug-likeness (QED) is 0.705.